The lowest BCUT2D eigenvalue weighted by Crippen LogP contribution is -2.40. The Morgan fingerprint density at radius 1 is 1.33 bits per heavy atom. The molecule has 0 bridgehead atoms. The van der Waals surface area contributed by atoms with E-state index in [-0.39, 0.29) is 36.5 Å². The maximum Gasteiger partial charge on any atom is 0.306 e. The van der Waals surface area contributed by atoms with Crippen LogP contribution in [0.1, 0.15) is 12.8 Å². The van der Waals surface area contributed by atoms with Crippen molar-refractivity contribution in [2.45, 2.75) is 17.7 Å². The van der Waals surface area contributed by atoms with Gasteiger partial charge in [0.25, 0.3) is 5.69 Å². The second-order valence-corrected chi connectivity index (χ2v) is 6.71. The third-order valence-electron chi connectivity index (χ3n) is 3.47. The normalized spacial score (nSPS) is 17.5. The van der Waals surface area contributed by atoms with Crippen LogP contribution in [0.2, 0.25) is 0 Å². The van der Waals surface area contributed by atoms with Crippen molar-refractivity contribution in [1.82, 2.24) is 4.31 Å². The first-order valence-corrected chi connectivity index (χ1v) is 7.74. The number of nitro benzene ring substituents is 1. The lowest BCUT2D eigenvalue weighted by atomic mass is 9.99. The van der Waals surface area contributed by atoms with Gasteiger partial charge in [0.05, 0.1) is 15.7 Å². The number of carboxylic acid groups (broad SMARTS) is 1. The first-order valence-electron chi connectivity index (χ1n) is 6.30. The van der Waals surface area contributed by atoms with E-state index in [1.54, 1.807) is 0 Å². The zero-order chi connectivity index (χ0) is 15.6. The molecule has 1 aliphatic rings. The van der Waals surface area contributed by atoms with E-state index in [9.17, 15) is 23.3 Å². The van der Waals surface area contributed by atoms with Crippen molar-refractivity contribution in [3.05, 3.63) is 34.4 Å². The summed E-state index contributed by atoms with van der Waals surface area (Å²) in [5, 5.41) is 19.6. The molecular weight excluding hydrogens is 300 g/mol. The van der Waals surface area contributed by atoms with Gasteiger partial charge >= 0.3 is 5.97 Å². The van der Waals surface area contributed by atoms with Crippen molar-refractivity contribution in [2.75, 3.05) is 13.1 Å². The molecule has 0 saturated carbocycles. The van der Waals surface area contributed by atoms with E-state index in [1.807, 2.05) is 0 Å². The third-order valence-corrected chi connectivity index (χ3v) is 5.36. The van der Waals surface area contributed by atoms with Crippen molar-refractivity contribution in [1.29, 1.82) is 0 Å². The molecule has 0 atom stereocenters. The Bertz CT molecular complexity index is 664. The summed E-state index contributed by atoms with van der Waals surface area (Å²) in [5.74, 6) is -1.47. The average Bonchev–Trinajstić information content (AvgIpc) is 2.47. The fourth-order valence-electron chi connectivity index (χ4n) is 2.25. The smallest absolute Gasteiger partial charge is 0.306 e. The Hall–Kier alpha value is -2.00. The quantitative estimate of drug-likeness (QED) is 0.656. The Kier molecular flexibility index (Phi) is 4.24. The standard InChI is InChI=1S/C12H14N2O6S/c15-12(16)9-4-6-13(7-5-9)21(19,20)11-3-1-2-10(8-11)14(17)18/h1-3,8-9H,4-7H2,(H,15,16). The van der Waals surface area contributed by atoms with Gasteiger partial charge < -0.3 is 5.11 Å². The molecule has 1 saturated heterocycles. The molecule has 1 aromatic carbocycles. The van der Waals surface area contributed by atoms with Gasteiger partial charge in [-0.25, -0.2) is 8.42 Å². The molecule has 0 aromatic heterocycles. The summed E-state index contributed by atoms with van der Waals surface area (Å²) in [7, 11) is -3.83. The monoisotopic (exact) mass is 314 g/mol. The minimum atomic E-state index is -3.83. The molecule has 0 radical (unpaired) electrons. The number of carboxylic acids is 1. The predicted octanol–water partition coefficient (Wildman–Crippen LogP) is 1.08. The maximum atomic E-state index is 12.4. The van der Waals surface area contributed by atoms with Crippen LogP contribution in [0.15, 0.2) is 29.2 Å². The van der Waals surface area contributed by atoms with E-state index in [2.05, 4.69) is 0 Å². The molecule has 1 aliphatic heterocycles. The van der Waals surface area contributed by atoms with Crippen LogP contribution in [0.25, 0.3) is 0 Å². The Morgan fingerprint density at radius 2 is 1.95 bits per heavy atom. The fraction of sp³-hybridized carbons (Fsp3) is 0.417. The maximum absolute atomic E-state index is 12.4. The molecule has 21 heavy (non-hydrogen) atoms. The second kappa shape index (κ2) is 5.78. The van der Waals surface area contributed by atoms with Crippen molar-refractivity contribution in [3.8, 4) is 0 Å². The zero-order valence-electron chi connectivity index (χ0n) is 11.0. The molecule has 0 unspecified atom stereocenters. The van der Waals surface area contributed by atoms with E-state index in [0.717, 1.165) is 6.07 Å². The minimum absolute atomic E-state index is 0.0992. The summed E-state index contributed by atoms with van der Waals surface area (Å²) in [6.45, 7) is 0.198. The lowest BCUT2D eigenvalue weighted by Gasteiger charge is -2.29. The lowest BCUT2D eigenvalue weighted by molar-refractivity contribution is -0.385. The van der Waals surface area contributed by atoms with Gasteiger partial charge in [0.2, 0.25) is 10.0 Å². The molecule has 0 aliphatic carbocycles. The topological polar surface area (TPSA) is 118 Å². The molecule has 2 rings (SSSR count). The number of non-ortho nitro benzene ring substituents is 1. The van der Waals surface area contributed by atoms with Crippen molar-refractivity contribution >= 4 is 21.7 Å². The molecule has 9 heteroatoms. The van der Waals surface area contributed by atoms with Crippen molar-refractivity contribution in [3.63, 3.8) is 0 Å². The zero-order valence-corrected chi connectivity index (χ0v) is 11.8. The van der Waals surface area contributed by atoms with E-state index in [1.165, 1.54) is 22.5 Å². The highest BCUT2D eigenvalue weighted by molar-refractivity contribution is 7.89. The summed E-state index contributed by atoms with van der Waals surface area (Å²) >= 11 is 0. The SMILES string of the molecule is O=C(O)C1CCN(S(=O)(=O)c2cccc([N+](=O)[O-])c2)CC1. The molecule has 8 nitrogen and oxygen atoms in total. The number of aliphatic carboxylic acids is 1. The first-order chi connectivity index (χ1) is 9.82. The molecule has 1 N–H and O–H groups in total. The van der Waals surface area contributed by atoms with Crippen LogP contribution >= 0.6 is 0 Å². The van der Waals surface area contributed by atoms with Gasteiger partial charge in [0, 0.05) is 25.2 Å². The molecule has 114 valence electrons. The molecular formula is C12H14N2O6S. The van der Waals surface area contributed by atoms with Gasteiger partial charge in [-0.15, -0.1) is 0 Å². The van der Waals surface area contributed by atoms with Crippen molar-refractivity contribution in [2.24, 2.45) is 5.92 Å². The number of sulfonamides is 1. The number of piperidine rings is 1. The van der Waals surface area contributed by atoms with Gasteiger partial charge in [0.15, 0.2) is 0 Å². The number of carbonyl (C=O) groups is 1. The van der Waals surface area contributed by atoms with Gasteiger partial charge in [0.1, 0.15) is 0 Å². The van der Waals surface area contributed by atoms with Crippen LogP contribution in [0.3, 0.4) is 0 Å². The number of nitro groups is 1. The van der Waals surface area contributed by atoms with Crippen LogP contribution in [-0.4, -0.2) is 41.8 Å². The third kappa shape index (κ3) is 3.19. The predicted molar refractivity (Wildman–Crippen MR) is 72.2 cm³/mol. The van der Waals surface area contributed by atoms with Gasteiger partial charge in [-0.3, -0.25) is 14.9 Å². The van der Waals surface area contributed by atoms with E-state index < -0.39 is 26.8 Å². The van der Waals surface area contributed by atoms with E-state index >= 15 is 0 Å². The first kappa shape index (κ1) is 15.4. The Labute approximate surface area is 121 Å². The highest BCUT2D eigenvalue weighted by atomic mass is 32.2. The summed E-state index contributed by atoms with van der Waals surface area (Å²) in [4.78, 5) is 20.8. The van der Waals surface area contributed by atoms with Crippen LogP contribution in [0, 0.1) is 16.0 Å². The van der Waals surface area contributed by atoms with E-state index in [4.69, 9.17) is 5.11 Å². The fourth-order valence-corrected chi connectivity index (χ4v) is 3.76. The molecule has 1 aromatic rings. The highest BCUT2D eigenvalue weighted by Crippen LogP contribution is 2.25. The number of hydrogen-bond donors (Lipinski definition) is 1. The number of rotatable bonds is 4. The van der Waals surface area contributed by atoms with Crippen LogP contribution in [0.4, 0.5) is 5.69 Å². The molecule has 0 amide bonds. The Balaban J connectivity index is 2.21. The Morgan fingerprint density at radius 3 is 2.48 bits per heavy atom. The van der Waals surface area contributed by atoms with Crippen molar-refractivity contribution < 1.29 is 23.2 Å². The average molecular weight is 314 g/mol. The molecule has 1 heterocycles. The number of hydrogen-bond acceptors (Lipinski definition) is 5. The number of nitrogens with zero attached hydrogens (tertiary/aromatic N) is 2. The summed E-state index contributed by atoms with van der Waals surface area (Å²) < 4.78 is 26.0. The largest absolute Gasteiger partial charge is 0.481 e. The summed E-state index contributed by atoms with van der Waals surface area (Å²) in [5.41, 5.74) is -0.295. The molecule has 1 fully saturated rings. The van der Waals surface area contributed by atoms with Crippen LogP contribution in [-0.2, 0) is 14.8 Å². The van der Waals surface area contributed by atoms with Gasteiger partial charge in [-0.2, -0.15) is 4.31 Å². The summed E-state index contributed by atoms with van der Waals surface area (Å²) in [6, 6.07) is 4.84. The highest BCUT2D eigenvalue weighted by Gasteiger charge is 2.32. The van der Waals surface area contributed by atoms with E-state index in [0.29, 0.717) is 0 Å². The second-order valence-electron chi connectivity index (χ2n) is 4.77. The van der Waals surface area contributed by atoms with Gasteiger partial charge in [-0.1, -0.05) is 6.07 Å². The van der Waals surface area contributed by atoms with Gasteiger partial charge in [-0.05, 0) is 18.9 Å². The summed E-state index contributed by atoms with van der Waals surface area (Å²) in [6.07, 6.45) is 0.479. The molecule has 0 spiro atoms. The van der Waals surface area contributed by atoms with Crippen LogP contribution in [0.5, 0.6) is 0 Å². The minimum Gasteiger partial charge on any atom is -0.481 e. The number of benzene rings is 1. The van der Waals surface area contributed by atoms with Crippen LogP contribution < -0.4 is 0 Å².